The Kier molecular flexibility index (Phi) is 16.2. The van der Waals surface area contributed by atoms with Gasteiger partial charge >= 0.3 is 6.03 Å². The van der Waals surface area contributed by atoms with Gasteiger partial charge in [0.2, 0.25) is 5.91 Å². The average molecular weight is 481 g/mol. The number of hydrogen-bond acceptors (Lipinski definition) is 2. The number of primary amides is 1. The molecule has 0 rings (SSSR count). The fourth-order valence-corrected chi connectivity index (χ4v) is 2.23. The smallest absolute Gasteiger partial charge is 0.318 e. The third-order valence-corrected chi connectivity index (χ3v) is 5.38. The second kappa shape index (κ2) is 14.3. The fourth-order valence-electron chi connectivity index (χ4n) is 1.34. The highest BCUT2D eigenvalue weighted by molar-refractivity contribution is 9.10. The number of alkyl halides is 3. The van der Waals surface area contributed by atoms with Crippen molar-refractivity contribution in [1.82, 2.24) is 5.32 Å². The van der Waals surface area contributed by atoms with E-state index in [9.17, 15) is 9.59 Å². The number of urea groups is 1. The van der Waals surface area contributed by atoms with E-state index in [1.165, 1.54) is 25.7 Å². The van der Waals surface area contributed by atoms with E-state index in [2.05, 4.69) is 47.8 Å². The van der Waals surface area contributed by atoms with Crippen molar-refractivity contribution in [2.75, 3.05) is 10.7 Å². The Morgan fingerprint density at radius 3 is 1.65 bits per heavy atom. The van der Waals surface area contributed by atoms with Crippen LogP contribution in [0.25, 0.3) is 0 Å². The Morgan fingerprint density at radius 2 is 1.40 bits per heavy atom. The van der Waals surface area contributed by atoms with Gasteiger partial charge in [-0.2, -0.15) is 0 Å². The van der Waals surface area contributed by atoms with Crippen LogP contribution in [0.1, 0.15) is 52.4 Å². The molecule has 0 fully saturated rings. The van der Waals surface area contributed by atoms with Crippen molar-refractivity contribution >= 4 is 59.7 Å². The topological polar surface area (TPSA) is 72.2 Å². The molecule has 0 spiro atoms. The molecular weight excluding hydrogens is 456 g/mol. The molecule has 0 aromatic heterocycles. The Morgan fingerprint density at radius 1 is 1.00 bits per heavy atom. The molecule has 0 atom stereocenters. The second-order valence-electron chi connectivity index (χ2n) is 4.28. The molecule has 3 amide bonds. The molecule has 0 saturated carbocycles. The second-order valence-corrected chi connectivity index (χ2v) is 7.39. The first-order chi connectivity index (χ1) is 9.37. The normalized spacial score (nSPS) is 10.4. The summed E-state index contributed by atoms with van der Waals surface area (Å²) in [6.07, 6.45) is 6.62. The molecule has 120 valence electrons. The molecule has 0 aromatic carbocycles. The van der Waals surface area contributed by atoms with Gasteiger partial charge in [-0.15, -0.1) is 0 Å². The molecule has 20 heavy (non-hydrogen) atoms. The number of hydrogen-bond donors (Lipinski definition) is 2. The van der Waals surface area contributed by atoms with Gasteiger partial charge in [-0.3, -0.25) is 10.1 Å². The number of amides is 3. The number of nitrogens with one attached hydrogen (secondary N) is 1. The van der Waals surface area contributed by atoms with Crippen molar-refractivity contribution in [3.63, 3.8) is 0 Å². The lowest BCUT2D eigenvalue weighted by Crippen LogP contribution is -2.46. The van der Waals surface area contributed by atoms with Gasteiger partial charge < -0.3 is 5.73 Å². The molecule has 0 radical (unpaired) electrons. The Bertz CT molecular complexity index is 266. The van der Waals surface area contributed by atoms with Crippen molar-refractivity contribution < 1.29 is 9.59 Å². The Labute approximate surface area is 147 Å². The zero-order chi connectivity index (χ0) is 16.0. The van der Waals surface area contributed by atoms with Crippen LogP contribution in [0.3, 0.4) is 0 Å². The number of carbonyl (C=O) groups is 2. The molecule has 0 bridgehead atoms. The highest BCUT2D eigenvalue weighted by Crippen LogP contribution is 2.26. The highest BCUT2D eigenvalue weighted by atomic mass is 79.9. The van der Waals surface area contributed by atoms with Crippen LogP contribution < -0.4 is 11.1 Å². The molecule has 3 N–H and O–H groups in total. The van der Waals surface area contributed by atoms with Gasteiger partial charge in [0.1, 0.15) is 4.32 Å². The number of unbranched alkanes of at least 4 members (excludes halogenated alkanes) is 3. The predicted octanol–water partition coefficient (Wildman–Crippen LogP) is 4.47. The van der Waals surface area contributed by atoms with E-state index in [1.54, 1.807) is 0 Å². The number of rotatable bonds is 8. The van der Waals surface area contributed by atoms with Gasteiger partial charge in [0.25, 0.3) is 0 Å². The van der Waals surface area contributed by atoms with Crippen molar-refractivity contribution in [3.8, 4) is 0 Å². The summed E-state index contributed by atoms with van der Waals surface area (Å²) >= 11 is 10.0. The summed E-state index contributed by atoms with van der Waals surface area (Å²) in [5.74, 6) is -0.375. The lowest BCUT2D eigenvalue weighted by molar-refractivity contribution is -0.122. The van der Waals surface area contributed by atoms with Crippen LogP contribution in [0, 0.1) is 0 Å². The van der Waals surface area contributed by atoms with Crippen LogP contribution in [0.5, 0.6) is 0 Å². The van der Waals surface area contributed by atoms with Gasteiger partial charge in [0.05, 0.1) is 0 Å². The summed E-state index contributed by atoms with van der Waals surface area (Å²) in [6.45, 7) is 3.72. The maximum atomic E-state index is 11.3. The van der Waals surface area contributed by atoms with Crippen LogP contribution in [0.4, 0.5) is 4.79 Å². The van der Waals surface area contributed by atoms with Crippen LogP contribution in [0.15, 0.2) is 0 Å². The molecule has 0 saturated heterocycles. The van der Waals surface area contributed by atoms with E-state index >= 15 is 0 Å². The molecule has 0 aliphatic rings. The molecule has 4 nitrogen and oxygen atoms in total. The van der Waals surface area contributed by atoms with E-state index < -0.39 is 10.4 Å². The maximum Gasteiger partial charge on any atom is 0.318 e. The Balaban J connectivity index is 0. The minimum absolute atomic E-state index is 0.375. The van der Waals surface area contributed by atoms with Gasteiger partial charge in [-0.25, -0.2) is 4.79 Å². The molecular formula is C13H25Br3N2O2. The lowest BCUT2D eigenvalue weighted by Gasteiger charge is -2.21. The first-order valence-corrected chi connectivity index (χ1v) is 9.83. The third kappa shape index (κ3) is 12.1. The van der Waals surface area contributed by atoms with E-state index in [0.29, 0.717) is 12.8 Å². The summed E-state index contributed by atoms with van der Waals surface area (Å²) in [6, 6.07) is -0.814. The average Bonchev–Trinajstić information content (AvgIpc) is 2.42. The summed E-state index contributed by atoms with van der Waals surface area (Å²) in [7, 11) is 0. The number of imide groups is 1. The van der Waals surface area contributed by atoms with Crippen molar-refractivity contribution in [2.45, 2.75) is 56.7 Å². The lowest BCUT2D eigenvalue weighted by atomic mass is 10.0. The monoisotopic (exact) mass is 478 g/mol. The molecule has 0 unspecified atom stereocenters. The highest BCUT2D eigenvalue weighted by Gasteiger charge is 2.32. The zero-order valence-electron chi connectivity index (χ0n) is 12.2. The zero-order valence-corrected chi connectivity index (χ0v) is 16.9. The maximum absolute atomic E-state index is 11.3. The van der Waals surface area contributed by atoms with Crippen LogP contribution >= 0.6 is 47.8 Å². The van der Waals surface area contributed by atoms with Gasteiger partial charge in [0, 0.05) is 10.7 Å². The SMILES string of the molecule is BrCCCCCCBr.CCC(Br)(CC)C(=O)NC(N)=O. The van der Waals surface area contributed by atoms with Crippen molar-refractivity contribution in [3.05, 3.63) is 0 Å². The van der Waals surface area contributed by atoms with Gasteiger partial charge in [-0.1, -0.05) is 74.5 Å². The minimum atomic E-state index is -0.814. The minimum Gasteiger partial charge on any atom is -0.351 e. The Hall–Kier alpha value is 0.380. The fraction of sp³-hybridized carbons (Fsp3) is 0.846. The standard InChI is InChI=1S/C7H13BrN2O2.C6H12Br2/c1-3-7(8,4-2)5(11)10-6(9)12;7-5-3-1-2-4-6-8/h3-4H2,1-2H3,(H3,9,10,11,12);1-6H2. The van der Waals surface area contributed by atoms with E-state index in [4.69, 9.17) is 5.73 Å². The van der Waals surface area contributed by atoms with Crippen molar-refractivity contribution in [1.29, 1.82) is 0 Å². The molecule has 0 heterocycles. The van der Waals surface area contributed by atoms with E-state index in [1.807, 2.05) is 19.2 Å². The summed E-state index contributed by atoms with van der Waals surface area (Å²) < 4.78 is -0.665. The van der Waals surface area contributed by atoms with Crippen LogP contribution in [-0.4, -0.2) is 26.9 Å². The summed E-state index contributed by atoms with van der Waals surface area (Å²) in [5, 5.41) is 4.36. The van der Waals surface area contributed by atoms with E-state index in [0.717, 1.165) is 10.7 Å². The van der Waals surface area contributed by atoms with Gasteiger partial charge in [0.15, 0.2) is 0 Å². The molecule has 7 heteroatoms. The quantitative estimate of drug-likeness (QED) is 0.397. The molecule has 0 aliphatic carbocycles. The van der Waals surface area contributed by atoms with Crippen LogP contribution in [-0.2, 0) is 4.79 Å². The largest absolute Gasteiger partial charge is 0.351 e. The predicted molar refractivity (Wildman–Crippen MR) is 96.0 cm³/mol. The number of halogens is 3. The third-order valence-electron chi connectivity index (χ3n) is 2.78. The first-order valence-electron chi connectivity index (χ1n) is 6.79. The molecule has 0 aliphatic heterocycles. The molecule has 0 aromatic rings. The number of carbonyl (C=O) groups excluding carboxylic acids is 2. The van der Waals surface area contributed by atoms with E-state index in [-0.39, 0.29) is 5.91 Å². The van der Waals surface area contributed by atoms with Gasteiger partial charge in [-0.05, 0) is 25.7 Å². The first kappa shape index (κ1) is 22.7. The summed E-state index contributed by atoms with van der Waals surface area (Å²) in [5.41, 5.74) is 4.81. The van der Waals surface area contributed by atoms with Crippen LogP contribution in [0.2, 0.25) is 0 Å². The number of nitrogens with two attached hydrogens (primary N) is 1. The summed E-state index contributed by atoms with van der Waals surface area (Å²) in [4.78, 5) is 21.6. The van der Waals surface area contributed by atoms with Crippen molar-refractivity contribution in [2.24, 2.45) is 5.73 Å².